The first-order valence-electron chi connectivity index (χ1n) is 5.20. The molecule has 0 aromatic rings. The van der Waals surface area contributed by atoms with Gasteiger partial charge < -0.3 is 19.3 Å². The van der Waals surface area contributed by atoms with Crippen molar-refractivity contribution < 1.29 is 19.3 Å². The molecule has 0 aromatic carbocycles. The molecule has 1 aliphatic heterocycles. The van der Waals surface area contributed by atoms with E-state index in [-0.39, 0.29) is 31.2 Å². The Labute approximate surface area is 85.2 Å². The fourth-order valence-corrected chi connectivity index (χ4v) is 1.63. The highest BCUT2D eigenvalue weighted by Gasteiger charge is 2.36. The Morgan fingerprint density at radius 2 is 2.21 bits per heavy atom. The highest BCUT2D eigenvalue weighted by molar-refractivity contribution is 4.79. The second-order valence-corrected chi connectivity index (χ2v) is 3.70. The molecule has 0 spiro atoms. The standard InChI is InChI=1S/C10H20O4/c1-4-12-10-5-8(13-7(2)3)9(6-11)14-10/h7-11H,4-6H2,1-3H3/t8-,9+,10?/m0/s1. The molecule has 0 amide bonds. The first kappa shape index (κ1) is 11.9. The second kappa shape index (κ2) is 5.66. The molecule has 4 heteroatoms. The number of ether oxygens (including phenoxy) is 3. The number of aliphatic hydroxyl groups excluding tert-OH is 1. The maximum absolute atomic E-state index is 9.07. The van der Waals surface area contributed by atoms with Gasteiger partial charge in [-0.05, 0) is 20.8 Å². The first-order valence-corrected chi connectivity index (χ1v) is 5.20. The summed E-state index contributed by atoms with van der Waals surface area (Å²) >= 11 is 0. The predicted octanol–water partition coefficient (Wildman–Crippen LogP) is 0.924. The first-order chi connectivity index (χ1) is 6.67. The highest BCUT2D eigenvalue weighted by atomic mass is 16.7. The van der Waals surface area contributed by atoms with Crippen LogP contribution in [0.4, 0.5) is 0 Å². The Morgan fingerprint density at radius 1 is 1.50 bits per heavy atom. The largest absolute Gasteiger partial charge is 0.394 e. The second-order valence-electron chi connectivity index (χ2n) is 3.70. The molecular weight excluding hydrogens is 184 g/mol. The Kier molecular flexibility index (Phi) is 4.81. The minimum atomic E-state index is -0.242. The van der Waals surface area contributed by atoms with E-state index in [0.717, 1.165) is 0 Å². The molecule has 14 heavy (non-hydrogen) atoms. The molecule has 0 radical (unpaired) electrons. The van der Waals surface area contributed by atoms with Gasteiger partial charge in [0.25, 0.3) is 0 Å². The van der Waals surface area contributed by atoms with Crippen LogP contribution in [0.15, 0.2) is 0 Å². The normalized spacial score (nSPS) is 32.8. The monoisotopic (exact) mass is 204 g/mol. The Bertz CT molecular complexity index is 160. The molecule has 84 valence electrons. The SMILES string of the molecule is CCOC1C[C@H](OC(C)C)[C@@H](CO)O1. The van der Waals surface area contributed by atoms with Crippen LogP contribution in [0.25, 0.3) is 0 Å². The van der Waals surface area contributed by atoms with Gasteiger partial charge in [0.15, 0.2) is 6.29 Å². The smallest absolute Gasteiger partial charge is 0.160 e. The molecule has 4 nitrogen and oxygen atoms in total. The van der Waals surface area contributed by atoms with Gasteiger partial charge >= 0.3 is 0 Å². The molecule has 0 bridgehead atoms. The summed E-state index contributed by atoms with van der Waals surface area (Å²) in [4.78, 5) is 0. The Balaban J connectivity index is 2.41. The van der Waals surface area contributed by atoms with Crippen molar-refractivity contribution in [1.29, 1.82) is 0 Å². The highest BCUT2D eigenvalue weighted by Crippen LogP contribution is 2.24. The van der Waals surface area contributed by atoms with Gasteiger partial charge in [0.1, 0.15) is 6.10 Å². The average Bonchev–Trinajstić information content (AvgIpc) is 2.47. The van der Waals surface area contributed by atoms with Gasteiger partial charge in [-0.1, -0.05) is 0 Å². The van der Waals surface area contributed by atoms with Gasteiger partial charge in [0, 0.05) is 13.0 Å². The molecule has 3 atom stereocenters. The molecular formula is C10H20O4. The van der Waals surface area contributed by atoms with Gasteiger partial charge in [-0.15, -0.1) is 0 Å². The van der Waals surface area contributed by atoms with Crippen LogP contribution in [-0.2, 0) is 14.2 Å². The van der Waals surface area contributed by atoms with E-state index in [1.54, 1.807) is 0 Å². The van der Waals surface area contributed by atoms with Gasteiger partial charge in [0.2, 0.25) is 0 Å². The molecule has 1 aliphatic rings. The number of aliphatic hydroxyl groups is 1. The lowest BCUT2D eigenvalue weighted by Gasteiger charge is -2.18. The number of rotatable bonds is 5. The fraction of sp³-hybridized carbons (Fsp3) is 1.00. The summed E-state index contributed by atoms with van der Waals surface area (Å²) in [6, 6.07) is 0. The summed E-state index contributed by atoms with van der Waals surface area (Å²) in [6.07, 6.45) is 0.349. The van der Waals surface area contributed by atoms with Crippen molar-refractivity contribution in [2.24, 2.45) is 0 Å². The molecule has 0 aliphatic carbocycles. The van der Waals surface area contributed by atoms with Crippen molar-refractivity contribution in [3.05, 3.63) is 0 Å². The predicted molar refractivity (Wildman–Crippen MR) is 52.0 cm³/mol. The minimum Gasteiger partial charge on any atom is -0.394 e. The summed E-state index contributed by atoms with van der Waals surface area (Å²) in [5.41, 5.74) is 0. The third kappa shape index (κ3) is 3.20. The van der Waals surface area contributed by atoms with Crippen LogP contribution in [0.1, 0.15) is 27.2 Å². The van der Waals surface area contributed by atoms with Crippen LogP contribution in [-0.4, -0.2) is 42.9 Å². The molecule has 1 rings (SSSR count). The summed E-state index contributed by atoms with van der Waals surface area (Å²) in [7, 11) is 0. The maximum Gasteiger partial charge on any atom is 0.160 e. The summed E-state index contributed by atoms with van der Waals surface area (Å²) in [5.74, 6) is 0. The van der Waals surface area contributed by atoms with Crippen molar-refractivity contribution in [2.75, 3.05) is 13.2 Å². The van der Waals surface area contributed by atoms with Gasteiger partial charge in [0.05, 0.1) is 18.8 Å². The van der Waals surface area contributed by atoms with E-state index in [0.29, 0.717) is 13.0 Å². The van der Waals surface area contributed by atoms with Gasteiger partial charge in [-0.25, -0.2) is 0 Å². The molecule has 1 unspecified atom stereocenters. The molecule has 0 aromatic heterocycles. The van der Waals surface area contributed by atoms with E-state index in [4.69, 9.17) is 19.3 Å². The average molecular weight is 204 g/mol. The zero-order valence-electron chi connectivity index (χ0n) is 9.10. The minimum absolute atomic E-state index is 0.0129. The number of hydrogen-bond acceptors (Lipinski definition) is 4. The van der Waals surface area contributed by atoms with Crippen molar-refractivity contribution in [2.45, 2.75) is 51.8 Å². The lowest BCUT2D eigenvalue weighted by Crippen LogP contribution is -2.30. The zero-order valence-corrected chi connectivity index (χ0v) is 9.10. The lowest BCUT2D eigenvalue weighted by molar-refractivity contribution is -0.143. The van der Waals surface area contributed by atoms with Crippen LogP contribution >= 0.6 is 0 Å². The van der Waals surface area contributed by atoms with E-state index < -0.39 is 0 Å². The van der Waals surface area contributed by atoms with Crippen LogP contribution in [0.3, 0.4) is 0 Å². The molecule has 1 saturated heterocycles. The van der Waals surface area contributed by atoms with E-state index in [1.807, 2.05) is 20.8 Å². The van der Waals surface area contributed by atoms with Gasteiger partial charge in [-0.3, -0.25) is 0 Å². The van der Waals surface area contributed by atoms with E-state index in [1.165, 1.54) is 0 Å². The van der Waals surface area contributed by atoms with Crippen LogP contribution in [0.5, 0.6) is 0 Å². The topological polar surface area (TPSA) is 47.9 Å². The summed E-state index contributed by atoms with van der Waals surface area (Å²) < 4.78 is 16.4. The summed E-state index contributed by atoms with van der Waals surface area (Å²) in [5, 5.41) is 9.07. The van der Waals surface area contributed by atoms with Crippen molar-refractivity contribution >= 4 is 0 Å². The third-order valence-electron chi connectivity index (χ3n) is 2.15. The van der Waals surface area contributed by atoms with Gasteiger partial charge in [-0.2, -0.15) is 0 Å². The Morgan fingerprint density at radius 3 is 2.71 bits per heavy atom. The zero-order chi connectivity index (χ0) is 10.6. The Hall–Kier alpha value is -0.160. The lowest BCUT2D eigenvalue weighted by atomic mass is 10.2. The maximum atomic E-state index is 9.07. The van der Waals surface area contributed by atoms with E-state index in [9.17, 15) is 0 Å². The van der Waals surface area contributed by atoms with Crippen molar-refractivity contribution in [3.8, 4) is 0 Å². The van der Waals surface area contributed by atoms with Crippen LogP contribution in [0.2, 0.25) is 0 Å². The van der Waals surface area contributed by atoms with Crippen molar-refractivity contribution in [3.63, 3.8) is 0 Å². The van der Waals surface area contributed by atoms with Crippen LogP contribution < -0.4 is 0 Å². The fourth-order valence-electron chi connectivity index (χ4n) is 1.63. The molecule has 0 saturated carbocycles. The summed E-state index contributed by atoms with van der Waals surface area (Å²) in [6.45, 7) is 6.48. The van der Waals surface area contributed by atoms with E-state index >= 15 is 0 Å². The quantitative estimate of drug-likeness (QED) is 0.723. The molecule has 1 N–H and O–H groups in total. The van der Waals surface area contributed by atoms with E-state index in [2.05, 4.69) is 0 Å². The third-order valence-corrected chi connectivity index (χ3v) is 2.15. The van der Waals surface area contributed by atoms with Crippen molar-refractivity contribution in [1.82, 2.24) is 0 Å². The molecule has 1 heterocycles. The number of hydrogen-bond donors (Lipinski definition) is 1. The molecule has 1 fully saturated rings. The van der Waals surface area contributed by atoms with Crippen LogP contribution in [0, 0.1) is 0 Å².